The van der Waals surface area contributed by atoms with E-state index in [1.165, 1.54) is 6.07 Å². The fraction of sp³-hybridized carbons (Fsp3) is 0.0833. The number of phenolic OH excluding ortho intramolecular Hbond substituents is 1. The van der Waals surface area contributed by atoms with Crippen LogP contribution in [-0.4, -0.2) is 33.5 Å². The van der Waals surface area contributed by atoms with Crippen LogP contribution in [0.4, 0.5) is 11.4 Å². The Kier molecular flexibility index (Phi) is 13.8. The third kappa shape index (κ3) is 11.0. The molecule has 34 heavy (non-hydrogen) atoms. The van der Waals surface area contributed by atoms with Crippen molar-refractivity contribution < 1.29 is 18.8 Å². The third-order valence-corrected chi connectivity index (χ3v) is 4.33. The van der Waals surface area contributed by atoms with Gasteiger partial charge in [-0.1, -0.05) is 30.3 Å². The molecule has 0 aliphatic carbocycles. The van der Waals surface area contributed by atoms with Crippen molar-refractivity contribution in [1.29, 1.82) is 0 Å². The maximum Gasteiger partial charge on any atom is 0.213 e. The first-order chi connectivity index (χ1) is 16.4. The molecule has 0 aliphatic heterocycles. The van der Waals surface area contributed by atoms with Gasteiger partial charge in [0, 0.05) is 35.1 Å². The molecular formula is C24H26Br2N4O4. The number of anilines is 2. The van der Waals surface area contributed by atoms with Crippen molar-refractivity contribution in [2.75, 3.05) is 25.7 Å². The number of nitrogen functional groups attached to an aromatic ring is 2. The monoisotopic (exact) mass is 592 g/mol. The summed E-state index contributed by atoms with van der Waals surface area (Å²) in [5.74, 6) is 1.45. The Balaban J connectivity index is 0.000000262. The van der Waals surface area contributed by atoms with E-state index in [0.717, 1.165) is 21.5 Å². The van der Waals surface area contributed by atoms with Gasteiger partial charge in [0.25, 0.3) is 0 Å². The lowest BCUT2D eigenvalue weighted by atomic mass is 10.1. The summed E-state index contributed by atoms with van der Waals surface area (Å²) in [5, 5.41) is 8.73. The lowest BCUT2D eigenvalue weighted by molar-refractivity contribution is 0.397. The molecule has 0 amide bonds. The minimum atomic E-state index is 0.213. The molecule has 2 heterocycles. The van der Waals surface area contributed by atoms with Gasteiger partial charge < -0.3 is 30.2 Å². The second-order valence-corrected chi connectivity index (χ2v) is 7.10. The van der Waals surface area contributed by atoms with Crippen LogP contribution in [0.3, 0.4) is 0 Å². The fourth-order valence-electron chi connectivity index (χ4n) is 2.42. The zero-order valence-corrected chi connectivity index (χ0v) is 21.8. The summed E-state index contributed by atoms with van der Waals surface area (Å²) >= 11 is 5.15. The van der Waals surface area contributed by atoms with Crippen LogP contribution in [0.5, 0.6) is 17.5 Å². The van der Waals surface area contributed by atoms with E-state index in [4.69, 9.17) is 30.2 Å². The summed E-state index contributed by atoms with van der Waals surface area (Å²) in [4.78, 5) is 8.31. The van der Waals surface area contributed by atoms with Gasteiger partial charge in [0.1, 0.15) is 10.4 Å². The molecule has 0 aliphatic rings. The number of hydrogen-bond donors (Lipinski definition) is 4. The summed E-state index contributed by atoms with van der Waals surface area (Å²) in [5.41, 5.74) is 14.2. The molecule has 4 rings (SSSR count). The van der Waals surface area contributed by atoms with E-state index in [0.29, 0.717) is 17.4 Å². The molecule has 0 saturated heterocycles. The molecule has 0 fully saturated rings. The number of nitrogens with zero attached hydrogens (tertiary/aromatic N) is 2. The van der Waals surface area contributed by atoms with Crippen LogP contribution in [0.15, 0.2) is 89.5 Å². The van der Waals surface area contributed by atoms with Gasteiger partial charge in [-0.15, -0.1) is 0 Å². The molecule has 10 heteroatoms. The normalized spacial score (nSPS) is 9.09. The quantitative estimate of drug-likeness (QED) is 0.182. The highest BCUT2D eigenvalue weighted by atomic mass is 79.9. The Labute approximate surface area is 215 Å². The second kappa shape index (κ2) is 16.3. The maximum absolute atomic E-state index is 8.73. The van der Waals surface area contributed by atoms with Gasteiger partial charge in [-0.05, 0) is 52.3 Å². The summed E-state index contributed by atoms with van der Waals surface area (Å²) in [7, 11) is 3.19. The van der Waals surface area contributed by atoms with Crippen molar-refractivity contribution in [2.45, 2.75) is 0 Å². The van der Waals surface area contributed by atoms with Crippen molar-refractivity contribution in [2.24, 2.45) is 0 Å². The molecule has 180 valence electrons. The molecule has 6 N–H and O–H groups in total. The minimum absolute atomic E-state index is 0.213. The molecule has 0 bridgehead atoms. The smallest absolute Gasteiger partial charge is 0.213 e. The summed E-state index contributed by atoms with van der Waals surface area (Å²) in [6.07, 6.45) is 0. The lowest BCUT2D eigenvalue weighted by Crippen LogP contribution is -1.90. The molecule has 0 saturated carbocycles. The highest BCUT2D eigenvalue weighted by Gasteiger charge is 2.00. The van der Waals surface area contributed by atoms with Crippen LogP contribution < -0.4 is 20.9 Å². The number of ether oxygens (including phenoxy) is 2. The number of pyridine rings is 2. The number of benzene rings is 2. The largest absolute Gasteiger partial charge is 0.508 e. The first kappa shape index (κ1) is 28.7. The van der Waals surface area contributed by atoms with Crippen molar-refractivity contribution >= 4 is 43.6 Å². The first-order valence-electron chi connectivity index (χ1n) is 9.66. The molecule has 2 aromatic heterocycles. The van der Waals surface area contributed by atoms with Crippen molar-refractivity contribution in [3.63, 3.8) is 0 Å². The molecule has 8 nitrogen and oxygen atoms in total. The second-order valence-electron chi connectivity index (χ2n) is 6.29. The van der Waals surface area contributed by atoms with Gasteiger partial charge in [-0.2, -0.15) is 0 Å². The topological polar surface area (TPSA) is 137 Å². The predicted octanol–water partition coefficient (Wildman–Crippen LogP) is 5.46. The van der Waals surface area contributed by atoms with Gasteiger partial charge in [0.2, 0.25) is 11.8 Å². The third-order valence-electron chi connectivity index (χ3n) is 3.88. The first-order valence-corrected chi connectivity index (χ1v) is 11.2. The van der Waals surface area contributed by atoms with Crippen LogP contribution in [-0.2, 0) is 0 Å². The number of nitrogens with two attached hydrogens (primary N) is 2. The molecule has 0 unspecified atom stereocenters. The van der Waals surface area contributed by atoms with Gasteiger partial charge in [-0.3, -0.25) is 0 Å². The van der Waals surface area contributed by atoms with Crippen LogP contribution >= 0.6 is 32.2 Å². The minimum Gasteiger partial charge on any atom is -0.508 e. The summed E-state index contributed by atoms with van der Waals surface area (Å²) in [6, 6.07) is 25.3. The Morgan fingerprint density at radius 3 is 1.71 bits per heavy atom. The molecule has 2 aromatic carbocycles. The molecule has 0 radical (unpaired) electrons. The van der Waals surface area contributed by atoms with Crippen molar-refractivity contribution in [3.8, 4) is 28.8 Å². The van der Waals surface area contributed by atoms with Crippen LogP contribution in [0.2, 0.25) is 0 Å². The van der Waals surface area contributed by atoms with Gasteiger partial charge >= 0.3 is 0 Å². The number of rotatable bonds is 3. The van der Waals surface area contributed by atoms with E-state index in [9.17, 15) is 0 Å². The highest BCUT2D eigenvalue weighted by molar-refractivity contribution is 9.10. The number of phenols is 1. The van der Waals surface area contributed by atoms with Gasteiger partial charge in [0.15, 0.2) is 0 Å². The summed E-state index contributed by atoms with van der Waals surface area (Å²) < 4.78 is 17.5. The van der Waals surface area contributed by atoms with Crippen molar-refractivity contribution in [1.82, 2.24) is 9.97 Å². The van der Waals surface area contributed by atoms with Crippen LogP contribution in [0, 0.1) is 0 Å². The number of hydrogen-bond acceptors (Lipinski definition) is 8. The van der Waals surface area contributed by atoms with E-state index in [1.54, 1.807) is 38.5 Å². The predicted molar refractivity (Wildman–Crippen MR) is 143 cm³/mol. The Hall–Kier alpha value is -3.34. The number of methoxy groups -OCH3 is 2. The van der Waals surface area contributed by atoms with E-state index in [1.807, 2.05) is 70.9 Å². The fourth-order valence-corrected chi connectivity index (χ4v) is 2.74. The van der Waals surface area contributed by atoms with Crippen molar-refractivity contribution in [3.05, 3.63) is 89.5 Å². The summed E-state index contributed by atoms with van der Waals surface area (Å²) in [6.45, 7) is 0. The zero-order valence-electron chi connectivity index (χ0n) is 18.6. The average Bonchev–Trinajstić information content (AvgIpc) is 2.86. The number of aromatic hydroxyl groups is 1. The molecular weight excluding hydrogens is 568 g/mol. The van der Waals surface area contributed by atoms with Crippen LogP contribution in [0.1, 0.15) is 0 Å². The Bertz CT molecular complexity index is 1120. The Morgan fingerprint density at radius 2 is 1.24 bits per heavy atom. The van der Waals surface area contributed by atoms with Gasteiger partial charge in [0.05, 0.1) is 36.2 Å². The standard InChI is InChI=1S/C12H12N2O.C6H6BrNO.C6H7NO.BrHO/c1-15-12-7-3-6-11(14-12)9-4-2-5-10(13)8-9;1-9-6-4-2-3-5(7)8-6;7-5-2-1-3-6(8)4-5;1-2/h2-8H,13H2,1H3;2-4H,1H3;1-4,8H,7H2;2H. The molecule has 4 aromatic rings. The van der Waals surface area contributed by atoms with E-state index < -0.39 is 0 Å². The van der Waals surface area contributed by atoms with E-state index in [2.05, 4.69) is 25.9 Å². The highest BCUT2D eigenvalue weighted by Crippen LogP contribution is 2.21. The number of halogens is 2. The van der Waals surface area contributed by atoms with E-state index >= 15 is 0 Å². The molecule has 0 spiro atoms. The molecule has 0 atom stereocenters. The average molecular weight is 594 g/mol. The zero-order chi connectivity index (χ0) is 25.3. The van der Waals surface area contributed by atoms with Crippen LogP contribution in [0.25, 0.3) is 11.3 Å². The van der Waals surface area contributed by atoms with E-state index in [-0.39, 0.29) is 5.75 Å². The number of aromatic nitrogens is 2. The lowest BCUT2D eigenvalue weighted by Gasteiger charge is -2.04. The Morgan fingerprint density at radius 1 is 0.706 bits per heavy atom. The SMILES string of the molecule is COc1cccc(-c2cccc(N)c2)n1.COc1cccc(Br)n1.Nc1cccc(O)c1.OBr. The van der Waals surface area contributed by atoms with Gasteiger partial charge in [-0.25, -0.2) is 9.97 Å². The maximum atomic E-state index is 8.73.